The van der Waals surface area contributed by atoms with E-state index < -0.39 is 0 Å². The standard InChI is InChI=1S/C17H21N5O2S/c1-12-7-14(19-18-12)16(24)21-5-4-17(10-21)11-22(13-3-6-25-9-13)15(23)8-20(17)2/h3,6-7,9H,4-5,8,10-11H2,1-2H3,(H,18,19)/t17-/m1/s1. The number of aromatic nitrogens is 2. The Bertz CT molecular complexity index is 802. The Morgan fingerprint density at radius 1 is 1.40 bits per heavy atom. The maximum Gasteiger partial charge on any atom is 0.274 e. The number of thiophene rings is 1. The Kier molecular flexibility index (Phi) is 3.88. The van der Waals surface area contributed by atoms with Crippen molar-refractivity contribution in [3.63, 3.8) is 0 Å². The third-order valence-corrected chi connectivity index (χ3v) is 5.97. The van der Waals surface area contributed by atoms with E-state index in [1.54, 1.807) is 17.4 Å². The van der Waals surface area contributed by atoms with Gasteiger partial charge >= 0.3 is 0 Å². The summed E-state index contributed by atoms with van der Waals surface area (Å²) in [6.45, 7) is 4.17. The van der Waals surface area contributed by atoms with Crippen molar-refractivity contribution in [2.24, 2.45) is 0 Å². The Morgan fingerprint density at radius 3 is 2.92 bits per heavy atom. The van der Waals surface area contributed by atoms with Crippen molar-refractivity contribution in [2.75, 3.05) is 38.1 Å². The van der Waals surface area contributed by atoms with Crippen LogP contribution in [0.5, 0.6) is 0 Å². The van der Waals surface area contributed by atoms with Crippen LogP contribution in [0.25, 0.3) is 0 Å². The van der Waals surface area contributed by atoms with Gasteiger partial charge in [-0.1, -0.05) is 0 Å². The number of nitrogens with zero attached hydrogens (tertiary/aromatic N) is 4. The lowest BCUT2D eigenvalue weighted by Gasteiger charge is -2.46. The fourth-order valence-electron chi connectivity index (χ4n) is 3.77. The van der Waals surface area contributed by atoms with E-state index in [2.05, 4.69) is 15.1 Å². The molecule has 2 aliphatic rings. The molecule has 1 spiro atoms. The number of likely N-dealkylation sites (N-methyl/N-ethyl adjacent to an activating group) is 1. The van der Waals surface area contributed by atoms with E-state index in [4.69, 9.17) is 0 Å². The van der Waals surface area contributed by atoms with E-state index in [9.17, 15) is 9.59 Å². The molecule has 4 rings (SSSR count). The van der Waals surface area contributed by atoms with Gasteiger partial charge in [0, 0.05) is 30.7 Å². The van der Waals surface area contributed by atoms with Crippen molar-refractivity contribution in [3.05, 3.63) is 34.3 Å². The summed E-state index contributed by atoms with van der Waals surface area (Å²) >= 11 is 1.59. The number of amides is 2. The molecule has 4 heterocycles. The van der Waals surface area contributed by atoms with E-state index in [0.717, 1.165) is 17.8 Å². The van der Waals surface area contributed by atoms with Crippen molar-refractivity contribution in [1.82, 2.24) is 20.0 Å². The average molecular weight is 359 g/mol. The number of piperazine rings is 1. The number of carbonyl (C=O) groups is 2. The van der Waals surface area contributed by atoms with Crippen LogP contribution in [-0.2, 0) is 4.79 Å². The highest BCUT2D eigenvalue weighted by molar-refractivity contribution is 7.08. The summed E-state index contributed by atoms with van der Waals surface area (Å²) in [5, 5.41) is 10.9. The predicted octanol–water partition coefficient (Wildman–Crippen LogP) is 1.34. The maximum absolute atomic E-state index is 12.7. The molecule has 2 aromatic heterocycles. The number of rotatable bonds is 2. The van der Waals surface area contributed by atoms with Crippen LogP contribution in [0, 0.1) is 6.92 Å². The zero-order valence-corrected chi connectivity index (χ0v) is 15.2. The number of nitrogens with one attached hydrogen (secondary N) is 1. The molecular formula is C17H21N5O2S. The lowest BCUT2D eigenvalue weighted by atomic mass is 9.93. The first-order valence-electron chi connectivity index (χ1n) is 8.34. The summed E-state index contributed by atoms with van der Waals surface area (Å²) < 4.78 is 0. The van der Waals surface area contributed by atoms with Gasteiger partial charge in [-0.05, 0) is 37.9 Å². The van der Waals surface area contributed by atoms with Crippen molar-refractivity contribution < 1.29 is 9.59 Å². The van der Waals surface area contributed by atoms with Gasteiger partial charge in [-0.2, -0.15) is 16.4 Å². The number of H-pyrrole nitrogens is 1. The zero-order chi connectivity index (χ0) is 17.6. The zero-order valence-electron chi connectivity index (χ0n) is 14.4. The second kappa shape index (κ2) is 5.96. The number of carbonyl (C=O) groups excluding carboxylic acids is 2. The first-order valence-corrected chi connectivity index (χ1v) is 9.28. The molecule has 25 heavy (non-hydrogen) atoms. The molecule has 2 amide bonds. The number of aryl methyl sites for hydroxylation is 1. The molecule has 0 bridgehead atoms. The van der Waals surface area contributed by atoms with E-state index in [0.29, 0.717) is 31.9 Å². The van der Waals surface area contributed by atoms with Crippen LogP contribution >= 0.6 is 11.3 Å². The number of hydrogen-bond donors (Lipinski definition) is 1. The molecule has 1 N–H and O–H groups in total. The average Bonchev–Trinajstić information content (AvgIpc) is 3.32. The summed E-state index contributed by atoms with van der Waals surface area (Å²) in [7, 11) is 1.98. The number of anilines is 1. The highest BCUT2D eigenvalue weighted by Gasteiger charge is 2.49. The second-order valence-electron chi connectivity index (χ2n) is 6.95. The number of hydrogen-bond acceptors (Lipinski definition) is 5. The lowest BCUT2D eigenvalue weighted by molar-refractivity contribution is -0.123. The molecule has 0 saturated carbocycles. The summed E-state index contributed by atoms with van der Waals surface area (Å²) in [5.74, 6) is 0.0628. The van der Waals surface area contributed by atoms with Gasteiger partial charge in [0.25, 0.3) is 5.91 Å². The second-order valence-corrected chi connectivity index (χ2v) is 7.73. The fourth-order valence-corrected chi connectivity index (χ4v) is 4.41. The minimum atomic E-state index is -0.198. The molecule has 0 radical (unpaired) electrons. The van der Waals surface area contributed by atoms with Gasteiger partial charge in [0.2, 0.25) is 5.91 Å². The summed E-state index contributed by atoms with van der Waals surface area (Å²) in [5.41, 5.74) is 2.09. The fraction of sp³-hybridized carbons (Fsp3) is 0.471. The Balaban J connectivity index is 1.55. The summed E-state index contributed by atoms with van der Waals surface area (Å²) in [6, 6.07) is 3.76. The molecule has 132 valence electrons. The van der Waals surface area contributed by atoms with Gasteiger partial charge in [-0.3, -0.25) is 19.6 Å². The Hall–Kier alpha value is -2.19. The number of likely N-dealkylation sites (tertiary alicyclic amines) is 1. The Labute approximate surface area is 150 Å². The van der Waals surface area contributed by atoms with Crippen LogP contribution in [0.15, 0.2) is 22.9 Å². The first kappa shape index (κ1) is 16.3. The third kappa shape index (κ3) is 2.75. The highest BCUT2D eigenvalue weighted by atomic mass is 32.1. The molecular weight excluding hydrogens is 338 g/mol. The maximum atomic E-state index is 12.7. The predicted molar refractivity (Wildman–Crippen MR) is 95.9 cm³/mol. The third-order valence-electron chi connectivity index (χ3n) is 5.30. The van der Waals surface area contributed by atoms with E-state index in [-0.39, 0.29) is 17.4 Å². The van der Waals surface area contributed by atoms with Crippen LogP contribution in [0.1, 0.15) is 22.6 Å². The quantitative estimate of drug-likeness (QED) is 0.878. The van der Waals surface area contributed by atoms with Crippen LogP contribution in [0.4, 0.5) is 5.69 Å². The van der Waals surface area contributed by atoms with E-state index >= 15 is 0 Å². The highest BCUT2D eigenvalue weighted by Crippen LogP contribution is 2.34. The molecule has 1 atom stereocenters. The van der Waals surface area contributed by atoms with Gasteiger partial charge in [0.15, 0.2) is 0 Å². The number of aromatic amines is 1. The van der Waals surface area contributed by atoms with Gasteiger partial charge in [0.05, 0.1) is 17.8 Å². The molecule has 2 aliphatic heterocycles. The lowest BCUT2D eigenvalue weighted by Crippen LogP contribution is -2.64. The van der Waals surface area contributed by atoms with Crippen LogP contribution < -0.4 is 4.90 Å². The van der Waals surface area contributed by atoms with E-state index in [1.807, 2.05) is 40.6 Å². The summed E-state index contributed by atoms with van der Waals surface area (Å²) in [6.07, 6.45) is 0.854. The van der Waals surface area contributed by atoms with Gasteiger partial charge in [-0.15, -0.1) is 0 Å². The molecule has 7 nitrogen and oxygen atoms in total. The van der Waals surface area contributed by atoms with Crippen molar-refractivity contribution in [1.29, 1.82) is 0 Å². The molecule has 2 saturated heterocycles. The van der Waals surface area contributed by atoms with Gasteiger partial charge < -0.3 is 9.80 Å². The molecule has 2 fully saturated rings. The monoisotopic (exact) mass is 359 g/mol. The minimum Gasteiger partial charge on any atom is -0.335 e. The van der Waals surface area contributed by atoms with Gasteiger partial charge in [-0.25, -0.2) is 0 Å². The summed E-state index contributed by atoms with van der Waals surface area (Å²) in [4.78, 5) is 31.0. The van der Waals surface area contributed by atoms with Crippen LogP contribution in [-0.4, -0.2) is 70.6 Å². The smallest absolute Gasteiger partial charge is 0.274 e. The molecule has 0 aromatic carbocycles. The minimum absolute atomic E-state index is 0.0476. The van der Waals surface area contributed by atoms with Crippen molar-refractivity contribution in [3.8, 4) is 0 Å². The topological polar surface area (TPSA) is 72.5 Å². The molecule has 0 aliphatic carbocycles. The normalized spacial score (nSPS) is 24.5. The molecule has 0 unspecified atom stereocenters. The van der Waals surface area contributed by atoms with Crippen molar-refractivity contribution >= 4 is 28.8 Å². The molecule has 8 heteroatoms. The first-order chi connectivity index (χ1) is 12.0. The van der Waals surface area contributed by atoms with Gasteiger partial charge in [0.1, 0.15) is 5.69 Å². The SMILES string of the molecule is Cc1cc(C(=O)N2CC[C@@]3(C2)CN(c2ccsc2)C(=O)CN3C)n[nH]1. The molecule has 2 aromatic rings. The largest absolute Gasteiger partial charge is 0.335 e. The van der Waals surface area contributed by atoms with Crippen LogP contribution in [0.3, 0.4) is 0 Å². The van der Waals surface area contributed by atoms with E-state index in [1.165, 1.54) is 0 Å². The van der Waals surface area contributed by atoms with Crippen molar-refractivity contribution in [2.45, 2.75) is 18.9 Å². The van der Waals surface area contributed by atoms with Crippen LogP contribution in [0.2, 0.25) is 0 Å². The Morgan fingerprint density at radius 2 is 2.24 bits per heavy atom.